The number of rotatable bonds is 2. The van der Waals surface area contributed by atoms with E-state index < -0.39 is 0 Å². The lowest BCUT2D eigenvalue weighted by atomic mass is 10.0. The molecule has 2 aliphatic heterocycles. The first kappa shape index (κ1) is 14.6. The van der Waals surface area contributed by atoms with Crippen molar-refractivity contribution in [1.82, 2.24) is 24.4 Å². The average molecular weight is 313 g/mol. The van der Waals surface area contributed by atoms with E-state index >= 15 is 0 Å². The first-order valence-electron chi connectivity index (χ1n) is 8.48. The molecule has 23 heavy (non-hydrogen) atoms. The van der Waals surface area contributed by atoms with Gasteiger partial charge in [0, 0.05) is 24.8 Å². The Bertz CT molecular complexity index is 740. The molecule has 4 heterocycles. The Morgan fingerprint density at radius 2 is 1.91 bits per heavy atom. The first-order valence-corrected chi connectivity index (χ1v) is 8.48. The molecule has 6 nitrogen and oxygen atoms in total. The number of pyridine rings is 1. The number of carbonyl (C=O) groups excluding carboxylic acids is 1. The molecular formula is C17H23N5O. The lowest BCUT2D eigenvalue weighted by Crippen LogP contribution is -2.47. The van der Waals surface area contributed by atoms with Crippen LogP contribution in [0.2, 0.25) is 0 Å². The molecule has 1 amide bonds. The molecule has 2 atom stereocenters. The van der Waals surface area contributed by atoms with E-state index in [1.54, 1.807) is 0 Å². The second-order valence-corrected chi connectivity index (χ2v) is 6.79. The SMILES string of the molecule is Cc1nnc2ccc(C(=O)N3CCC[C@H]3[C@@H]3CCCN3C)cn12. The van der Waals surface area contributed by atoms with Crippen LogP contribution in [0.3, 0.4) is 0 Å². The number of hydrogen-bond acceptors (Lipinski definition) is 4. The van der Waals surface area contributed by atoms with Crippen LogP contribution in [-0.2, 0) is 0 Å². The van der Waals surface area contributed by atoms with Crippen molar-refractivity contribution in [2.45, 2.75) is 44.7 Å². The Morgan fingerprint density at radius 1 is 1.13 bits per heavy atom. The second-order valence-electron chi connectivity index (χ2n) is 6.79. The standard InChI is InChI=1S/C17H23N5O/c1-12-18-19-16-8-7-13(11-22(12)16)17(23)21-10-4-6-15(21)14-5-3-9-20(14)2/h7-8,11,14-15H,3-6,9-10H2,1-2H3/t14-,15-/m0/s1. The highest BCUT2D eigenvalue weighted by atomic mass is 16.2. The van der Waals surface area contributed by atoms with Gasteiger partial charge in [0.2, 0.25) is 0 Å². The van der Waals surface area contributed by atoms with Gasteiger partial charge in [-0.15, -0.1) is 10.2 Å². The summed E-state index contributed by atoms with van der Waals surface area (Å²) in [7, 11) is 2.19. The number of aryl methyl sites for hydroxylation is 1. The van der Waals surface area contributed by atoms with Gasteiger partial charge in [-0.3, -0.25) is 9.20 Å². The predicted molar refractivity (Wildman–Crippen MR) is 87.4 cm³/mol. The van der Waals surface area contributed by atoms with Crippen LogP contribution < -0.4 is 0 Å². The zero-order valence-corrected chi connectivity index (χ0v) is 13.8. The van der Waals surface area contributed by atoms with Crippen LogP contribution in [0.25, 0.3) is 5.65 Å². The van der Waals surface area contributed by atoms with E-state index in [4.69, 9.17) is 0 Å². The van der Waals surface area contributed by atoms with Gasteiger partial charge in [-0.25, -0.2) is 0 Å². The van der Waals surface area contributed by atoms with E-state index in [2.05, 4.69) is 27.0 Å². The van der Waals surface area contributed by atoms with Gasteiger partial charge in [-0.05, 0) is 58.3 Å². The molecule has 0 radical (unpaired) electrons. The number of likely N-dealkylation sites (N-methyl/N-ethyl adjacent to an activating group) is 1. The molecule has 0 bridgehead atoms. The predicted octanol–water partition coefficient (Wildman–Crippen LogP) is 1.74. The van der Waals surface area contributed by atoms with Gasteiger partial charge in [0.05, 0.1) is 5.56 Å². The van der Waals surface area contributed by atoms with E-state index in [9.17, 15) is 4.79 Å². The topological polar surface area (TPSA) is 53.7 Å². The maximum absolute atomic E-state index is 13.1. The molecule has 0 spiro atoms. The maximum atomic E-state index is 13.1. The molecule has 0 N–H and O–H groups in total. The van der Waals surface area contributed by atoms with E-state index in [1.165, 1.54) is 12.8 Å². The fourth-order valence-corrected chi connectivity index (χ4v) is 4.16. The maximum Gasteiger partial charge on any atom is 0.255 e. The lowest BCUT2D eigenvalue weighted by Gasteiger charge is -2.33. The van der Waals surface area contributed by atoms with Gasteiger partial charge in [-0.1, -0.05) is 0 Å². The summed E-state index contributed by atoms with van der Waals surface area (Å²) < 4.78 is 1.89. The fourth-order valence-electron chi connectivity index (χ4n) is 4.16. The molecule has 0 aromatic carbocycles. The van der Waals surface area contributed by atoms with Crippen LogP contribution in [0.4, 0.5) is 0 Å². The van der Waals surface area contributed by atoms with Crippen LogP contribution in [0.15, 0.2) is 18.3 Å². The number of nitrogens with zero attached hydrogens (tertiary/aromatic N) is 5. The number of carbonyl (C=O) groups is 1. The minimum atomic E-state index is 0.141. The number of fused-ring (bicyclic) bond motifs is 1. The van der Waals surface area contributed by atoms with Crippen molar-refractivity contribution in [2.75, 3.05) is 20.1 Å². The van der Waals surface area contributed by atoms with Gasteiger partial charge in [-0.2, -0.15) is 0 Å². The lowest BCUT2D eigenvalue weighted by molar-refractivity contribution is 0.0664. The third-order valence-corrected chi connectivity index (χ3v) is 5.40. The summed E-state index contributed by atoms with van der Waals surface area (Å²) >= 11 is 0. The molecule has 0 aliphatic carbocycles. The summed E-state index contributed by atoms with van der Waals surface area (Å²) in [6, 6.07) is 4.62. The number of likely N-dealkylation sites (tertiary alicyclic amines) is 2. The van der Waals surface area contributed by atoms with E-state index in [1.807, 2.05) is 29.7 Å². The Kier molecular flexibility index (Phi) is 3.56. The molecule has 122 valence electrons. The van der Waals surface area contributed by atoms with Gasteiger partial charge in [0.1, 0.15) is 5.82 Å². The minimum absolute atomic E-state index is 0.141. The third kappa shape index (κ3) is 2.41. The molecule has 0 saturated carbocycles. The minimum Gasteiger partial charge on any atom is -0.334 e. The monoisotopic (exact) mass is 313 g/mol. The van der Waals surface area contributed by atoms with Crippen LogP contribution in [-0.4, -0.2) is 62.5 Å². The normalized spacial score (nSPS) is 25.6. The van der Waals surface area contributed by atoms with Crippen molar-refractivity contribution in [3.8, 4) is 0 Å². The molecule has 2 aromatic heterocycles. The van der Waals surface area contributed by atoms with Crippen molar-refractivity contribution in [3.63, 3.8) is 0 Å². The summed E-state index contributed by atoms with van der Waals surface area (Å²) in [5, 5.41) is 8.15. The van der Waals surface area contributed by atoms with Gasteiger partial charge < -0.3 is 9.80 Å². The molecule has 2 fully saturated rings. The number of aromatic nitrogens is 3. The zero-order chi connectivity index (χ0) is 16.0. The van der Waals surface area contributed by atoms with E-state index in [-0.39, 0.29) is 5.91 Å². The van der Waals surface area contributed by atoms with Crippen LogP contribution >= 0.6 is 0 Å². The molecule has 2 aliphatic rings. The first-order chi connectivity index (χ1) is 11.1. The molecule has 4 rings (SSSR count). The summed E-state index contributed by atoms with van der Waals surface area (Å²) in [4.78, 5) is 17.6. The molecule has 6 heteroatoms. The Balaban J connectivity index is 1.62. The van der Waals surface area contributed by atoms with E-state index in [0.717, 1.165) is 43.0 Å². The highest BCUT2D eigenvalue weighted by molar-refractivity contribution is 5.94. The van der Waals surface area contributed by atoms with Crippen molar-refractivity contribution in [3.05, 3.63) is 29.7 Å². The fraction of sp³-hybridized carbons (Fsp3) is 0.588. The van der Waals surface area contributed by atoms with Gasteiger partial charge in [0.15, 0.2) is 5.65 Å². The number of hydrogen-bond donors (Lipinski definition) is 0. The van der Waals surface area contributed by atoms with Gasteiger partial charge in [0.25, 0.3) is 5.91 Å². The third-order valence-electron chi connectivity index (χ3n) is 5.40. The largest absolute Gasteiger partial charge is 0.334 e. The number of amides is 1. The van der Waals surface area contributed by atoms with Gasteiger partial charge >= 0.3 is 0 Å². The Hall–Kier alpha value is -1.95. The van der Waals surface area contributed by atoms with Crippen molar-refractivity contribution in [1.29, 1.82) is 0 Å². The Labute approximate surface area is 136 Å². The summed E-state index contributed by atoms with van der Waals surface area (Å²) in [6.07, 6.45) is 6.55. The molecule has 2 saturated heterocycles. The zero-order valence-electron chi connectivity index (χ0n) is 13.8. The molecule has 2 aromatic rings. The average Bonchev–Trinajstić information content (AvgIpc) is 3.26. The quantitative estimate of drug-likeness (QED) is 0.847. The smallest absolute Gasteiger partial charge is 0.255 e. The second kappa shape index (κ2) is 5.60. The van der Waals surface area contributed by atoms with Crippen LogP contribution in [0.1, 0.15) is 41.9 Å². The Morgan fingerprint density at radius 3 is 2.70 bits per heavy atom. The molecule has 0 unspecified atom stereocenters. The summed E-state index contributed by atoms with van der Waals surface area (Å²) in [6.45, 7) is 3.92. The van der Waals surface area contributed by atoms with Crippen molar-refractivity contribution in [2.24, 2.45) is 0 Å². The van der Waals surface area contributed by atoms with E-state index in [0.29, 0.717) is 12.1 Å². The summed E-state index contributed by atoms with van der Waals surface area (Å²) in [5.74, 6) is 0.950. The molecular weight excluding hydrogens is 290 g/mol. The van der Waals surface area contributed by atoms with Crippen LogP contribution in [0.5, 0.6) is 0 Å². The highest BCUT2D eigenvalue weighted by Gasteiger charge is 2.38. The van der Waals surface area contributed by atoms with Crippen LogP contribution in [0, 0.1) is 6.92 Å². The highest BCUT2D eigenvalue weighted by Crippen LogP contribution is 2.30. The summed E-state index contributed by atoms with van der Waals surface area (Å²) in [5.41, 5.74) is 1.51. The van der Waals surface area contributed by atoms with Crippen molar-refractivity contribution < 1.29 is 4.79 Å². The van der Waals surface area contributed by atoms with Crippen molar-refractivity contribution >= 4 is 11.6 Å².